The molecule has 5 heteroatoms. The molecule has 110 valence electrons. The lowest BCUT2D eigenvalue weighted by Crippen LogP contribution is -2.27. The monoisotopic (exact) mass is 286 g/mol. The van der Waals surface area contributed by atoms with Crippen LogP contribution in [0.25, 0.3) is 10.9 Å². The number of carbonyl (C=O) groups is 1. The van der Waals surface area contributed by atoms with Crippen LogP contribution >= 0.6 is 0 Å². The van der Waals surface area contributed by atoms with Gasteiger partial charge in [-0.1, -0.05) is 18.2 Å². The van der Waals surface area contributed by atoms with E-state index in [0.717, 1.165) is 36.0 Å². The van der Waals surface area contributed by atoms with Gasteiger partial charge >= 0.3 is 6.09 Å². The van der Waals surface area contributed by atoms with Crippen LogP contribution in [0.4, 0.5) is 4.79 Å². The predicted octanol–water partition coefficient (Wildman–Crippen LogP) is 2.74. The van der Waals surface area contributed by atoms with Crippen LogP contribution < -0.4 is 0 Å². The summed E-state index contributed by atoms with van der Waals surface area (Å²) in [6.07, 6.45) is 1.61. The van der Waals surface area contributed by atoms with Crippen molar-refractivity contribution in [3.8, 4) is 0 Å². The summed E-state index contributed by atoms with van der Waals surface area (Å²) in [6.45, 7) is 0.762. The highest BCUT2D eigenvalue weighted by molar-refractivity contribution is 5.94. The summed E-state index contributed by atoms with van der Waals surface area (Å²) < 4.78 is 6.72. The lowest BCUT2D eigenvalue weighted by atomic mass is 9.83. The molecule has 0 saturated carbocycles. The predicted molar refractivity (Wildman–Crippen MR) is 78.0 cm³/mol. The zero-order valence-electron chi connectivity index (χ0n) is 12.2. The van der Waals surface area contributed by atoms with Gasteiger partial charge in [0.2, 0.25) is 0 Å². The van der Waals surface area contributed by atoms with E-state index in [9.17, 15) is 4.79 Å². The lowest BCUT2D eigenvalue weighted by Gasteiger charge is -2.28. The van der Waals surface area contributed by atoms with E-state index in [1.165, 1.54) is 12.7 Å². The molecule has 2 atom stereocenters. The fourth-order valence-electron chi connectivity index (χ4n) is 3.86. The van der Waals surface area contributed by atoms with Crippen LogP contribution in [-0.4, -0.2) is 36.5 Å². The topological polar surface area (TPSA) is 43.7 Å². The van der Waals surface area contributed by atoms with Gasteiger partial charge in [-0.05, 0) is 18.9 Å². The number of hydroxylamine groups is 2. The number of fused-ring (bicyclic) bond motifs is 5. The number of carbonyl (C=O) groups excluding carboxylic acids is 1. The van der Waals surface area contributed by atoms with Gasteiger partial charge in [0, 0.05) is 29.6 Å². The van der Waals surface area contributed by atoms with Crippen LogP contribution in [0.1, 0.15) is 23.7 Å². The highest BCUT2D eigenvalue weighted by Crippen LogP contribution is 2.46. The first-order valence-electron chi connectivity index (χ1n) is 7.28. The van der Waals surface area contributed by atoms with E-state index in [-0.39, 0.29) is 12.1 Å². The van der Waals surface area contributed by atoms with Gasteiger partial charge in [0.1, 0.15) is 0 Å². The third kappa shape index (κ3) is 1.68. The first-order valence-corrected chi connectivity index (χ1v) is 7.28. The van der Waals surface area contributed by atoms with Crippen molar-refractivity contribution in [2.24, 2.45) is 5.92 Å². The van der Waals surface area contributed by atoms with Crippen LogP contribution in [0.5, 0.6) is 0 Å². The van der Waals surface area contributed by atoms with Gasteiger partial charge in [-0.25, -0.2) is 9.36 Å². The fourth-order valence-corrected chi connectivity index (χ4v) is 3.86. The molecule has 1 aromatic carbocycles. The smallest absolute Gasteiger partial charge is 0.418 e. The first kappa shape index (κ1) is 12.9. The van der Waals surface area contributed by atoms with Crippen LogP contribution in [0.2, 0.25) is 0 Å². The average molecular weight is 286 g/mol. The number of aromatic nitrogens is 1. The van der Waals surface area contributed by atoms with Crippen molar-refractivity contribution in [3.05, 3.63) is 35.5 Å². The van der Waals surface area contributed by atoms with Gasteiger partial charge in [-0.2, -0.15) is 5.06 Å². The van der Waals surface area contributed by atoms with Crippen molar-refractivity contribution in [2.45, 2.75) is 18.9 Å². The molecule has 2 heterocycles. The summed E-state index contributed by atoms with van der Waals surface area (Å²) in [5, 5.41) is 3.07. The SMILES string of the molecule is COC(=O)n1c2c(c3ccccc31)[C@H]1[C@@H](CC2)CON1C. The molecule has 0 radical (unpaired) electrons. The van der Waals surface area contributed by atoms with Crippen LogP contribution in [0.3, 0.4) is 0 Å². The second kappa shape index (κ2) is 4.58. The number of nitrogens with zero attached hydrogens (tertiary/aromatic N) is 2. The third-order valence-corrected chi connectivity index (χ3v) is 4.75. The molecule has 2 aliphatic rings. The molecule has 0 unspecified atom stereocenters. The Morgan fingerprint density at radius 2 is 2.19 bits per heavy atom. The second-order valence-corrected chi connectivity index (χ2v) is 5.77. The van der Waals surface area contributed by atoms with Crippen molar-refractivity contribution < 1.29 is 14.4 Å². The number of rotatable bonds is 0. The summed E-state index contributed by atoms with van der Waals surface area (Å²) in [7, 11) is 3.41. The van der Waals surface area contributed by atoms with Gasteiger partial charge in [0.15, 0.2) is 0 Å². The molecular formula is C16H18N2O3. The van der Waals surface area contributed by atoms with E-state index in [2.05, 4.69) is 6.07 Å². The molecule has 21 heavy (non-hydrogen) atoms. The molecule has 1 aromatic heterocycles. The van der Waals surface area contributed by atoms with Crippen molar-refractivity contribution >= 4 is 17.0 Å². The van der Waals surface area contributed by atoms with E-state index >= 15 is 0 Å². The van der Waals surface area contributed by atoms with Gasteiger partial charge in [-0.15, -0.1) is 0 Å². The normalized spacial score (nSPS) is 24.9. The Balaban J connectivity index is 2.03. The quantitative estimate of drug-likeness (QED) is 0.747. The third-order valence-electron chi connectivity index (χ3n) is 4.75. The van der Waals surface area contributed by atoms with Crippen LogP contribution in [-0.2, 0) is 16.0 Å². The Morgan fingerprint density at radius 1 is 1.38 bits per heavy atom. The molecule has 4 rings (SSSR count). The molecular weight excluding hydrogens is 268 g/mol. The Bertz CT molecular complexity index is 722. The molecule has 0 spiro atoms. The zero-order chi connectivity index (χ0) is 14.6. The van der Waals surface area contributed by atoms with Crippen molar-refractivity contribution in [1.82, 2.24) is 9.63 Å². The number of methoxy groups -OCH3 is 1. The van der Waals surface area contributed by atoms with E-state index in [1.807, 2.05) is 30.3 Å². The van der Waals surface area contributed by atoms with Gasteiger partial charge in [0.25, 0.3) is 0 Å². The van der Waals surface area contributed by atoms with Crippen molar-refractivity contribution in [3.63, 3.8) is 0 Å². The molecule has 1 aliphatic heterocycles. The largest absolute Gasteiger partial charge is 0.452 e. The lowest BCUT2D eigenvalue weighted by molar-refractivity contribution is -0.110. The molecule has 1 saturated heterocycles. The minimum absolute atomic E-state index is 0.226. The summed E-state index contributed by atoms with van der Waals surface area (Å²) >= 11 is 0. The van der Waals surface area contributed by atoms with Crippen LogP contribution in [0.15, 0.2) is 24.3 Å². The Morgan fingerprint density at radius 3 is 3.00 bits per heavy atom. The Hall–Kier alpha value is -1.85. The number of hydrogen-bond donors (Lipinski definition) is 0. The van der Waals surface area contributed by atoms with Gasteiger partial charge in [0.05, 0.1) is 25.3 Å². The number of hydrogen-bond acceptors (Lipinski definition) is 4. The minimum atomic E-state index is -0.313. The zero-order valence-corrected chi connectivity index (χ0v) is 12.2. The molecule has 2 aromatic rings. The fraction of sp³-hybridized carbons (Fsp3) is 0.438. The number of benzene rings is 1. The Kier molecular flexibility index (Phi) is 2.80. The van der Waals surface area contributed by atoms with Gasteiger partial charge < -0.3 is 4.74 Å². The molecule has 1 fully saturated rings. The maximum absolute atomic E-state index is 12.2. The van der Waals surface area contributed by atoms with Gasteiger partial charge in [-0.3, -0.25) is 4.84 Å². The van der Waals surface area contributed by atoms with Crippen molar-refractivity contribution in [2.75, 3.05) is 20.8 Å². The van der Waals surface area contributed by atoms with E-state index in [0.29, 0.717) is 5.92 Å². The maximum atomic E-state index is 12.2. The van der Waals surface area contributed by atoms with E-state index in [4.69, 9.17) is 9.57 Å². The number of ether oxygens (including phenoxy) is 1. The Labute approximate surface area is 123 Å². The second-order valence-electron chi connectivity index (χ2n) is 5.77. The molecule has 5 nitrogen and oxygen atoms in total. The van der Waals surface area contributed by atoms with E-state index < -0.39 is 0 Å². The molecule has 1 aliphatic carbocycles. The maximum Gasteiger partial charge on any atom is 0.418 e. The minimum Gasteiger partial charge on any atom is -0.452 e. The summed E-state index contributed by atoms with van der Waals surface area (Å²) in [5.74, 6) is 0.499. The number of para-hydroxylation sites is 1. The summed E-state index contributed by atoms with van der Waals surface area (Å²) in [4.78, 5) is 17.9. The molecule has 0 N–H and O–H groups in total. The standard InChI is InChI=1S/C16H18N2O3/c1-17-15-10(9-21-17)7-8-13-14(15)11-5-3-4-6-12(11)18(13)16(19)20-2/h3-6,10,15H,7-9H2,1-2H3/t10-,15+/m0/s1. The van der Waals surface area contributed by atoms with E-state index in [1.54, 1.807) is 4.57 Å². The molecule has 0 amide bonds. The highest BCUT2D eigenvalue weighted by atomic mass is 16.7. The first-order chi connectivity index (χ1) is 10.2. The average Bonchev–Trinajstić information content (AvgIpc) is 3.04. The summed E-state index contributed by atoms with van der Waals surface area (Å²) in [5.41, 5.74) is 3.23. The van der Waals surface area contributed by atoms with Crippen LogP contribution in [0, 0.1) is 5.92 Å². The van der Waals surface area contributed by atoms with Crippen molar-refractivity contribution in [1.29, 1.82) is 0 Å². The summed E-state index contributed by atoms with van der Waals surface area (Å²) in [6, 6.07) is 8.27. The highest BCUT2D eigenvalue weighted by Gasteiger charge is 2.42. The molecule has 0 bridgehead atoms.